The summed E-state index contributed by atoms with van der Waals surface area (Å²) in [5.74, 6) is -1.39. The quantitative estimate of drug-likeness (QED) is 0.711. The van der Waals surface area contributed by atoms with Gasteiger partial charge in [-0.1, -0.05) is 6.07 Å². The minimum atomic E-state index is -1.04. The van der Waals surface area contributed by atoms with Gasteiger partial charge in [0.2, 0.25) is 5.91 Å². The van der Waals surface area contributed by atoms with Gasteiger partial charge in [0.05, 0.1) is 6.04 Å². The lowest BCUT2D eigenvalue weighted by Gasteiger charge is -2.11. The van der Waals surface area contributed by atoms with Crippen molar-refractivity contribution in [2.24, 2.45) is 0 Å². The van der Waals surface area contributed by atoms with Crippen LogP contribution < -0.4 is 10.6 Å². The van der Waals surface area contributed by atoms with Gasteiger partial charge in [0.25, 0.3) is 5.91 Å². The Hall–Kier alpha value is -2.63. The van der Waals surface area contributed by atoms with Crippen LogP contribution in [0, 0.1) is 6.92 Å². The standard InChI is InChI=1S/C15H16N2O4/c1-9-4-10(2-3-14(19)20)6-11(5-9)15(21)17-12-7-13(18)16-8-12/h2-6,12H,7-8H2,1H3,(H,16,18)(H,17,21)(H,19,20)/b3-2+. The zero-order valence-electron chi connectivity index (χ0n) is 11.6. The maximum atomic E-state index is 12.2. The lowest BCUT2D eigenvalue weighted by atomic mass is 10.0. The highest BCUT2D eigenvalue weighted by atomic mass is 16.4. The van der Waals surface area contributed by atoms with Gasteiger partial charge in [0, 0.05) is 24.6 Å². The van der Waals surface area contributed by atoms with E-state index in [1.165, 1.54) is 6.08 Å². The van der Waals surface area contributed by atoms with E-state index in [0.29, 0.717) is 17.7 Å². The molecule has 1 aromatic rings. The van der Waals surface area contributed by atoms with Crippen LogP contribution in [0.4, 0.5) is 0 Å². The zero-order valence-corrected chi connectivity index (χ0v) is 11.6. The number of carbonyl (C=O) groups is 3. The molecule has 0 bridgehead atoms. The summed E-state index contributed by atoms with van der Waals surface area (Å²) in [6, 6.07) is 4.92. The molecule has 1 aromatic carbocycles. The van der Waals surface area contributed by atoms with Crippen molar-refractivity contribution in [3.8, 4) is 0 Å². The van der Waals surface area contributed by atoms with Gasteiger partial charge in [-0.3, -0.25) is 9.59 Å². The van der Waals surface area contributed by atoms with Crippen LogP contribution in [-0.4, -0.2) is 35.5 Å². The first-order valence-electron chi connectivity index (χ1n) is 6.54. The number of benzene rings is 1. The van der Waals surface area contributed by atoms with Gasteiger partial charge in [-0.2, -0.15) is 0 Å². The molecule has 21 heavy (non-hydrogen) atoms. The van der Waals surface area contributed by atoms with E-state index in [0.717, 1.165) is 11.6 Å². The summed E-state index contributed by atoms with van der Waals surface area (Å²) in [4.78, 5) is 33.8. The van der Waals surface area contributed by atoms with Crippen molar-refractivity contribution in [1.82, 2.24) is 10.6 Å². The first kappa shape index (κ1) is 14.8. The summed E-state index contributed by atoms with van der Waals surface area (Å²) in [5, 5.41) is 14.1. The second kappa shape index (κ2) is 6.21. The Bertz CT molecular complexity index is 622. The third-order valence-corrected chi connectivity index (χ3v) is 3.09. The molecular weight excluding hydrogens is 272 g/mol. The molecule has 6 heteroatoms. The van der Waals surface area contributed by atoms with Gasteiger partial charge in [-0.25, -0.2) is 4.79 Å². The number of aliphatic carboxylic acids is 1. The van der Waals surface area contributed by atoms with Crippen LogP contribution in [0.15, 0.2) is 24.3 Å². The molecule has 110 valence electrons. The van der Waals surface area contributed by atoms with E-state index in [4.69, 9.17) is 5.11 Å². The molecule has 1 heterocycles. The van der Waals surface area contributed by atoms with E-state index in [1.807, 2.05) is 6.92 Å². The molecule has 0 saturated carbocycles. The van der Waals surface area contributed by atoms with Crippen molar-refractivity contribution in [3.63, 3.8) is 0 Å². The number of aryl methyl sites for hydroxylation is 1. The molecular formula is C15H16N2O4. The molecule has 1 saturated heterocycles. The fourth-order valence-corrected chi connectivity index (χ4v) is 2.18. The molecule has 1 unspecified atom stereocenters. The molecule has 1 fully saturated rings. The normalized spacial score (nSPS) is 17.8. The van der Waals surface area contributed by atoms with Crippen LogP contribution in [-0.2, 0) is 9.59 Å². The molecule has 6 nitrogen and oxygen atoms in total. The van der Waals surface area contributed by atoms with Crippen molar-refractivity contribution >= 4 is 23.9 Å². The van der Waals surface area contributed by atoms with Gasteiger partial charge < -0.3 is 15.7 Å². The highest BCUT2D eigenvalue weighted by Gasteiger charge is 2.23. The molecule has 0 radical (unpaired) electrons. The maximum absolute atomic E-state index is 12.2. The number of nitrogens with one attached hydrogen (secondary N) is 2. The Labute approximate surface area is 121 Å². The Morgan fingerprint density at radius 1 is 1.38 bits per heavy atom. The van der Waals surface area contributed by atoms with E-state index in [2.05, 4.69) is 10.6 Å². The number of amides is 2. The maximum Gasteiger partial charge on any atom is 0.328 e. The predicted molar refractivity (Wildman–Crippen MR) is 76.7 cm³/mol. The second-order valence-corrected chi connectivity index (χ2v) is 4.98. The zero-order chi connectivity index (χ0) is 15.4. The number of carbonyl (C=O) groups excluding carboxylic acids is 2. The summed E-state index contributed by atoms with van der Waals surface area (Å²) in [7, 11) is 0. The van der Waals surface area contributed by atoms with Crippen molar-refractivity contribution < 1.29 is 19.5 Å². The third-order valence-electron chi connectivity index (χ3n) is 3.09. The minimum Gasteiger partial charge on any atom is -0.478 e. The lowest BCUT2D eigenvalue weighted by molar-refractivity contribution is -0.131. The van der Waals surface area contributed by atoms with Crippen LogP contribution in [0.25, 0.3) is 6.08 Å². The summed E-state index contributed by atoms with van der Waals surface area (Å²) in [6.07, 6.45) is 2.74. The Kier molecular flexibility index (Phi) is 4.37. The summed E-state index contributed by atoms with van der Waals surface area (Å²) >= 11 is 0. The average Bonchev–Trinajstić information content (AvgIpc) is 2.81. The van der Waals surface area contributed by atoms with Crippen LogP contribution in [0.5, 0.6) is 0 Å². The van der Waals surface area contributed by atoms with Gasteiger partial charge in [0.15, 0.2) is 0 Å². The number of hydrogen-bond donors (Lipinski definition) is 3. The number of carboxylic acid groups (broad SMARTS) is 1. The Morgan fingerprint density at radius 2 is 2.14 bits per heavy atom. The number of rotatable bonds is 4. The fourth-order valence-electron chi connectivity index (χ4n) is 2.18. The molecule has 1 atom stereocenters. The van der Waals surface area contributed by atoms with Crippen LogP contribution >= 0.6 is 0 Å². The van der Waals surface area contributed by atoms with Crippen molar-refractivity contribution in [1.29, 1.82) is 0 Å². The van der Waals surface area contributed by atoms with E-state index in [-0.39, 0.29) is 24.3 Å². The van der Waals surface area contributed by atoms with Gasteiger partial charge in [-0.15, -0.1) is 0 Å². The molecule has 1 aliphatic rings. The van der Waals surface area contributed by atoms with Gasteiger partial charge >= 0.3 is 5.97 Å². The van der Waals surface area contributed by atoms with Crippen molar-refractivity contribution in [2.45, 2.75) is 19.4 Å². The lowest BCUT2D eigenvalue weighted by Crippen LogP contribution is -2.36. The van der Waals surface area contributed by atoms with Crippen LogP contribution in [0.3, 0.4) is 0 Å². The molecule has 0 aromatic heterocycles. The fraction of sp³-hybridized carbons (Fsp3) is 0.267. The first-order chi connectivity index (χ1) is 9.94. The second-order valence-electron chi connectivity index (χ2n) is 4.98. The predicted octanol–water partition coefficient (Wildman–Crippen LogP) is 0.711. The summed E-state index contributed by atoms with van der Waals surface area (Å²) in [5.41, 5.74) is 1.94. The summed E-state index contributed by atoms with van der Waals surface area (Å²) < 4.78 is 0. The van der Waals surface area contributed by atoms with Gasteiger partial charge in [0.1, 0.15) is 0 Å². The number of carboxylic acids is 1. The summed E-state index contributed by atoms with van der Waals surface area (Å²) in [6.45, 7) is 2.26. The molecule has 0 spiro atoms. The highest BCUT2D eigenvalue weighted by Crippen LogP contribution is 2.12. The number of hydrogen-bond acceptors (Lipinski definition) is 3. The van der Waals surface area contributed by atoms with Crippen molar-refractivity contribution in [3.05, 3.63) is 41.0 Å². The molecule has 2 rings (SSSR count). The Balaban J connectivity index is 2.13. The third kappa shape index (κ3) is 4.17. The first-order valence-corrected chi connectivity index (χ1v) is 6.54. The topological polar surface area (TPSA) is 95.5 Å². The minimum absolute atomic E-state index is 0.0744. The smallest absolute Gasteiger partial charge is 0.328 e. The molecule has 1 aliphatic heterocycles. The average molecular weight is 288 g/mol. The van der Waals surface area contributed by atoms with Crippen LogP contribution in [0.1, 0.15) is 27.9 Å². The van der Waals surface area contributed by atoms with E-state index < -0.39 is 5.97 Å². The largest absolute Gasteiger partial charge is 0.478 e. The van der Waals surface area contributed by atoms with E-state index in [1.54, 1.807) is 18.2 Å². The van der Waals surface area contributed by atoms with Gasteiger partial charge in [-0.05, 0) is 36.3 Å². The van der Waals surface area contributed by atoms with E-state index >= 15 is 0 Å². The Morgan fingerprint density at radius 3 is 2.76 bits per heavy atom. The molecule has 2 amide bonds. The van der Waals surface area contributed by atoms with Crippen molar-refractivity contribution in [2.75, 3.05) is 6.54 Å². The molecule has 0 aliphatic carbocycles. The van der Waals surface area contributed by atoms with E-state index in [9.17, 15) is 14.4 Å². The van der Waals surface area contributed by atoms with Crippen LogP contribution in [0.2, 0.25) is 0 Å². The highest BCUT2D eigenvalue weighted by molar-refractivity contribution is 5.96. The molecule has 3 N–H and O–H groups in total. The monoisotopic (exact) mass is 288 g/mol. The SMILES string of the molecule is Cc1cc(/C=C/C(=O)O)cc(C(=O)NC2CNC(=O)C2)c1.